The van der Waals surface area contributed by atoms with Gasteiger partial charge in [0.25, 0.3) is 0 Å². The van der Waals surface area contributed by atoms with E-state index in [1.165, 1.54) is 12.7 Å². The fourth-order valence-corrected chi connectivity index (χ4v) is 4.73. The normalized spacial score (nSPS) is 22.2. The zero-order valence-corrected chi connectivity index (χ0v) is 18.9. The molecule has 0 radical (unpaired) electrons. The van der Waals surface area contributed by atoms with E-state index in [-0.39, 0.29) is 30.8 Å². The van der Waals surface area contributed by atoms with E-state index in [2.05, 4.69) is 27.1 Å². The Balaban J connectivity index is 0.00000320. The number of halogens is 1. The molecule has 2 aliphatic rings. The Morgan fingerprint density at radius 1 is 1.00 bits per heavy atom. The predicted octanol–water partition coefficient (Wildman–Crippen LogP) is 3.33. The van der Waals surface area contributed by atoms with Crippen molar-refractivity contribution in [3.63, 3.8) is 0 Å². The number of ketones is 1. The molecule has 3 rings (SSSR count). The van der Waals surface area contributed by atoms with Crippen LogP contribution < -0.4 is 10.1 Å². The van der Waals surface area contributed by atoms with Crippen molar-refractivity contribution in [3.8, 4) is 5.75 Å². The van der Waals surface area contributed by atoms with E-state index in [0.717, 1.165) is 51.6 Å². The Bertz CT molecular complexity index is 668. The second-order valence-electron chi connectivity index (χ2n) is 8.29. The quantitative estimate of drug-likeness (QED) is 0.628. The third-order valence-electron chi connectivity index (χ3n) is 6.28. The van der Waals surface area contributed by atoms with Gasteiger partial charge in [0.15, 0.2) is 6.61 Å². The van der Waals surface area contributed by atoms with E-state index in [1.807, 2.05) is 12.1 Å². The monoisotopic (exact) mass is 438 g/mol. The molecule has 1 aromatic rings. The third-order valence-corrected chi connectivity index (χ3v) is 6.28. The van der Waals surface area contributed by atoms with Gasteiger partial charge < -0.3 is 14.8 Å². The number of carbonyl (C=O) groups is 2. The average Bonchev–Trinajstić information content (AvgIpc) is 2.77. The minimum absolute atomic E-state index is 0. The van der Waals surface area contributed by atoms with Crippen molar-refractivity contribution in [3.05, 3.63) is 29.8 Å². The van der Waals surface area contributed by atoms with Crippen LogP contribution in [-0.2, 0) is 14.3 Å². The molecule has 1 heterocycles. The molecule has 2 fully saturated rings. The lowest BCUT2D eigenvalue weighted by molar-refractivity contribution is -0.142. The fraction of sp³-hybridized carbons (Fsp3) is 0.652. The summed E-state index contributed by atoms with van der Waals surface area (Å²) in [5.41, 5.74) is 1.33. The number of esters is 1. The minimum Gasteiger partial charge on any atom is -0.482 e. The van der Waals surface area contributed by atoms with Gasteiger partial charge >= 0.3 is 5.97 Å². The Morgan fingerprint density at radius 3 is 2.17 bits per heavy atom. The number of hydrogen-bond donors (Lipinski definition) is 1. The summed E-state index contributed by atoms with van der Waals surface area (Å²) in [6.07, 6.45) is 6.85. The molecule has 30 heavy (non-hydrogen) atoms. The molecule has 1 N–H and O–H groups in total. The number of methoxy groups -OCH3 is 1. The Labute approximate surface area is 186 Å². The smallest absolute Gasteiger partial charge is 0.343 e. The molecule has 0 atom stereocenters. The first-order chi connectivity index (χ1) is 14.1. The highest BCUT2D eigenvalue weighted by Gasteiger charge is 2.32. The number of nitrogens with one attached hydrogen (secondary N) is 1. The zero-order valence-electron chi connectivity index (χ0n) is 18.1. The van der Waals surface area contributed by atoms with Crippen LogP contribution in [0.15, 0.2) is 24.3 Å². The predicted molar refractivity (Wildman–Crippen MR) is 119 cm³/mol. The number of nitrogens with zero attached hydrogens (tertiary/aromatic N) is 1. The standard InChI is InChI=1S/C23H34N2O4.ClH/c1-17(26)15-25(21-11-13-24-14-12-21)20-7-3-18(4-8-20)19-5-9-22(10-6-19)29-16-23(27)28-2;/h5-6,9-10,18,20-21,24H,3-4,7-8,11-16H2,1-2H3;1H/t18-,20-;. The molecule has 0 bridgehead atoms. The van der Waals surface area contributed by atoms with Crippen LogP contribution in [0.4, 0.5) is 0 Å². The van der Waals surface area contributed by atoms with Crippen LogP contribution in [0.3, 0.4) is 0 Å². The number of piperidine rings is 1. The van der Waals surface area contributed by atoms with Gasteiger partial charge in [-0.1, -0.05) is 12.1 Å². The molecule has 0 aromatic heterocycles. The van der Waals surface area contributed by atoms with Crippen molar-refractivity contribution in [2.45, 2.75) is 63.5 Å². The second-order valence-corrected chi connectivity index (χ2v) is 8.29. The van der Waals surface area contributed by atoms with Crippen LogP contribution in [0.1, 0.15) is 56.9 Å². The van der Waals surface area contributed by atoms with Crippen LogP contribution in [0, 0.1) is 0 Å². The van der Waals surface area contributed by atoms with E-state index >= 15 is 0 Å². The Morgan fingerprint density at radius 2 is 1.60 bits per heavy atom. The maximum absolute atomic E-state index is 11.9. The number of rotatable bonds is 8. The van der Waals surface area contributed by atoms with Gasteiger partial charge in [-0.3, -0.25) is 9.69 Å². The summed E-state index contributed by atoms with van der Waals surface area (Å²) in [7, 11) is 1.35. The summed E-state index contributed by atoms with van der Waals surface area (Å²) in [4.78, 5) is 25.6. The maximum Gasteiger partial charge on any atom is 0.343 e. The SMILES string of the molecule is COC(=O)COc1ccc([C@H]2CC[C@H](N(CC(C)=O)C3CCNCC3)CC2)cc1.Cl. The lowest BCUT2D eigenvalue weighted by Crippen LogP contribution is -2.50. The number of hydrogen-bond acceptors (Lipinski definition) is 6. The lowest BCUT2D eigenvalue weighted by atomic mass is 9.80. The average molecular weight is 439 g/mol. The van der Waals surface area contributed by atoms with Gasteiger partial charge in [0.1, 0.15) is 11.5 Å². The molecule has 1 saturated carbocycles. The van der Waals surface area contributed by atoms with Crippen LogP contribution in [0.5, 0.6) is 5.75 Å². The van der Waals surface area contributed by atoms with Gasteiger partial charge in [-0.05, 0) is 82.2 Å². The molecule has 0 unspecified atom stereocenters. The van der Waals surface area contributed by atoms with Crippen LogP contribution >= 0.6 is 12.4 Å². The summed E-state index contributed by atoms with van der Waals surface area (Å²) >= 11 is 0. The highest BCUT2D eigenvalue weighted by molar-refractivity contribution is 5.85. The van der Waals surface area contributed by atoms with E-state index in [4.69, 9.17) is 4.74 Å². The molecule has 7 heteroatoms. The van der Waals surface area contributed by atoms with Crippen molar-refractivity contribution in [2.75, 3.05) is 33.4 Å². The summed E-state index contributed by atoms with van der Waals surface area (Å²) in [5, 5.41) is 3.43. The molecular weight excluding hydrogens is 404 g/mol. The fourth-order valence-electron chi connectivity index (χ4n) is 4.73. The van der Waals surface area contributed by atoms with Crippen LogP contribution in [-0.4, -0.2) is 62.1 Å². The highest BCUT2D eigenvalue weighted by Crippen LogP contribution is 2.36. The van der Waals surface area contributed by atoms with Crippen molar-refractivity contribution in [2.24, 2.45) is 0 Å². The van der Waals surface area contributed by atoms with Gasteiger partial charge in [0.2, 0.25) is 0 Å². The largest absolute Gasteiger partial charge is 0.482 e. The highest BCUT2D eigenvalue weighted by atomic mass is 35.5. The Hall–Kier alpha value is -1.63. The van der Waals surface area contributed by atoms with E-state index in [0.29, 0.717) is 30.3 Å². The molecule has 1 aliphatic heterocycles. The van der Waals surface area contributed by atoms with Crippen molar-refractivity contribution in [1.29, 1.82) is 0 Å². The van der Waals surface area contributed by atoms with Gasteiger partial charge in [-0.25, -0.2) is 4.79 Å². The van der Waals surface area contributed by atoms with Gasteiger partial charge in [-0.2, -0.15) is 0 Å². The molecular formula is C23H35ClN2O4. The molecule has 168 valence electrons. The summed E-state index contributed by atoms with van der Waals surface area (Å²) in [5.74, 6) is 1.13. The van der Waals surface area contributed by atoms with E-state index in [1.54, 1.807) is 6.92 Å². The first kappa shape index (κ1) is 24.6. The molecule has 1 saturated heterocycles. The molecule has 1 aliphatic carbocycles. The minimum atomic E-state index is -0.378. The van der Waals surface area contributed by atoms with E-state index in [9.17, 15) is 9.59 Å². The topological polar surface area (TPSA) is 67.9 Å². The third kappa shape index (κ3) is 6.96. The number of carbonyl (C=O) groups excluding carboxylic acids is 2. The summed E-state index contributed by atoms with van der Waals surface area (Å²) in [6, 6.07) is 9.13. The molecule has 6 nitrogen and oxygen atoms in total. The van der Waals surface area contributed by atoms with Crippen LogP contribution in [0.2, 0.25) is 0 Å². The second kappa shape index (κ2) is 12.3. The Kier molecular flexibility index (Phi) is 10.1. The van der Waals surface area contributed by atoms with Crippen molar-refractivity contribution >= 4 is 24.2 Å². The maximum atomic E-state index is 11.9. The first-order valence-electron chi connectivity index (χ1n) is 10.8. The van der Waals surface area contributed by atoms with Crippen molar-refractivity contribution in [1.82, 2.24) is 10.2 Å². The van der Waals surface area contributed by atoms with Crippen LogP contribution in [0.25, 0.3) is 0 Å². The molecule has 0 spiro atoms. The number of benzene rings is 1. The van der Waals surface area contributed by atoms with Gasteiger partial charge in [0, 0.05) is 12.1 Å². The van der Waals surface area contributed by atoms with E-state index < -0.39 is 0 Å². The summed E-state index contributed by atoms with van der Waals surface area (Å²) < 4.78 is 10.0. The van der Waals surface area contributed by atoms with Gasteiger partial charge in [-0.15, -0.1) is 12.4 Å². The summed E-state index contributed by atoms with van der Waals surface area (Å²) in [6.45, 7) is 4.34. The van der Waals surface area contributed by atoms with Gasteiger partial charge in [0.05, 0.1) is 13.7 Å². The zero-order chi connectivity index (χ0) is 20.6. The molecule has 0 amide bonds. The molecule has 1 aromatic carbocycles. The number of ether oxygens (including phenoxy) is 2. The lowest BCUT2D eigenvalue weighted by Gasteiger charge is -2.42. The first-order valence-corrected chi connectivity index (χ1v) is 10.8. The van der Waals surface area contributed by atoms with Crippen molar-refractivity contribution < 1.29 is 19.1 Å². The number of Topliss-reactive ketones (excluding diaryl/α,β-unsaturated/α-hetero) is 1.